The van der Waals surface area contributed by atoms with Gasteiger partial charge in [-0.25, -0.2) is 0 Å². The Balaban J connectivity index is 2.57. The van der Waals surface area contributed by atoms with Crippen LogP contribution in [0, 0.1) is 13.8 Å². The van der Waals surface area contributed by atoms with Gasteiger partial charge in [-0.3, -0.25) is 4.79 Å². The first-order chi connectivity index (χ1) is 9.99. The van der Waals surface area contributed by atoms with E-state index in [-0.39, 0.29) is 5.78 Å². The topological polar surface area (TPSA) is 61.5 Å². The van der Waals surface area contributed by atoms with Crippen molar-refractivity contribution in [1.29, 1.82) is 0 Å². The fourth-order valence-corrected chi connectivity index (χ4v) is 2.24. The van der Waals surface area contributed by atoms with Crippen LogP contribution in [-0.4, -0.2) is 20.0 Å². The average molecular weight is 285 g/mol. The Morgan fingerprint density at radius 3 is 2.33 bits per heavy atom. The van der Waals surface area contributed by atoms with E-state index in [9.17, 15) is 4.79 Å². The van der Waals surface area contributed by atoms with Crippen molar-refractivity contribution < 1.29 is 14.3 Å². The summed E-state index contributed by atoms with van der Waals surface area (Å²) in [7, 11) is 3.11. The van der Waals surface area contributed by atoms with E-state index in [1.807, 2.05) is 19.9 Å². The number of carbonyl (C=O) groups excluding carboxylic acids is 1. The highest BCUT2D eigenvalue weighted by atomic mass is 16.5. The third-order valence-electron chi connectivity index (χ3n) is 3.63. The van der Waals surface area contributed by atoms with E-state index in [2.05, 4.69) is 0 Å². The normalized spacial score (nSPS) is 10.3. The van der Waals surface area contributed by atoms with Crippen LogP contribution in [0.5, 0.6) is 11.5 Å². The SMILES string of the molecule is COc1ccc(N)c(C(=O)c2ccc(C)c(C)c2OC)c1. The molecule has 0 radical (unpaired) electrons. The zero-order chi connectivity index (χ0) is 15.6. The number of hydrogen-bond donors (Lipinski definition) is 1. The van der Waals surface area contributed by atoms with Crippen molar-refractivity contribution >= 4 is 11.5 Å². The van der Waals surface area contributed by atoms with Gasteiger partial charge in [0.15, 0.2) is 5.78 Å². The number of ketones is 1. The molecule has 0 aliphatic heterocycles. The van der Waals surface area contributed by atoms with Gasteiger partial charge in [-0.05, 0) is 49.2 Å². The van der Waals surface area contributed by atoms with E-state index in [1.165, 1.54) is 0 Å². The van der Waals surface area contributed by atoms with Crippen LogP contribution in [-0.2, 0) is 0 Å². The molecule has 0 saturated carbocycles. The number of ether oxygens (including phenoxy) is 2. The lowest BCUT2D eigenvalue weighted by Gasteiger charge is -2.14. The van der Waals surface area contributed by atoms with E-state index < -0.39 is 0 Å². The minimum absolute atomic E-state index is 0.175. The largest absolute Gasteiger partial charge is 0.497 e. The summed E-state index contributed by atoms with van der Waals surface area (Å²) in [6, 6.07) is 8.71. The van der Waals surface area contributed by atoms with Gasteiger partial charge in [0.05, 0.1) is 19.8 Å². The molecule has 2 aromatic carbocycles. The van der Waals surface area contributed by atoms with Crippen molar-refractivity contribution in [3.63, 3.8) is 0 Å². The van der Waals surface area contributed by atoms with Crippen molar-refractivity contribution in [2.45, 2.75) is 13.8 Å². The molecule has 0 bridgehead atoms. The Bertz CT molecular complexity index is 693. The summed E-state index contributed by atoms with van der Waals surface area (Å²) in [6.07, 6.45) is 0. The maximum atomic E-state index is 12.8. The zero-order valence-electron chi connectivity index (χ0n) is 12.7. The van der Waals surface area contributed by atoms with Crippen LogP contribution in [0.15, 0.2) is 30.3 Å². The second kappa shape index (κ2) is 5.87. The molecule has 0 amide bonds. The molecule has 2 rings (SSSR count). The second-order valence-electron chi connectivity index (χ2n) is 4.87. The molecule has 2 aromatic rings. The van der Waals surface area contributed by atoms with Gasteiger partial charge in [0, 0.05) is 11.3 Å². The van der Waals surface area contributed by atoms with Crippen LogP contribution in [0.3, 0.4) is 0 Å². The third kappa shape index (κ3) is 2.70. The Kier molecular flexibility index (Phi) is 4.17. The standard InChI is InChI=1S/C17H19NO3/c1-10-5-7-13(17(21-4)11(10)2)16(19)14-9-12(20-3)6-8-15(14)18/h5-9H,18H2,1-4H3. The van der Waals surface area contributed by atoms with Crippen molar-refractivity contribution in [2.75, 3.05) is 20.0 Å². The summed E-state index contributed by atoms with van der Waals surface area (Å²) < 4.78 is 10.6. The maximum Gasteiger partial charge on any atom is 0.198 e. The van der Waals surface area contributed by atoms with Gasteiger partial charge in [-0.1, -0.05) is 6.07 Å². The molecule has 2 N–H and O–H groups in total. The third-order valence-corrected chi connectivity index (χ3v) is 3.63. The van der Waals surface area contributed by atoms with Crippen molar-refractivity contribution in [1.82, 2.24) is 0 Å². The number of aryl methyl sites for hydroxylation is 1. The highest BCUT2D eigenvalue weighted by Gasteiger charge is 2.19. The predicted molar refractivity (Wildman–Crippen MR) is 83.3 cm³/mol. The molecule has 21 heavy (non-hydrogen) atoms. The fourth-order valence-electron chi connectivity index (χ4n) is 2.24. The van der Waals surface area contributed by atoms with Gasteiger partial charge in [0.2, 0.25) is 0 Å². The first-order valence-electron chi connectivity index (χ1n) is 6.62. The van der Waals surface area contributed by atoms with Crippen molar-refractivity contribution in [2.24, 2.45) is 0 Å². The summed E-state index contributed by atoms with van der Waals surface area (Å²) in [5, 5.41) is 0. The van der Waals surface area contributed by atoms with Crippen LogP contribution in [0.4, 0.5) is 5.69 Å². The fraction of sp³-hybridized carbons (Fsp3) is 0.235. The molecule has 0 unspecified atom stereocenters. The second-order valence-corrected chi connectivity index (χ2v) is 4.87. The van der Waals surface area contributed by atoms with Crippen molar-refractivity contribution in [3.05, 3.63) is 52.6 Å². The molecule has 4 nitrogen and oxygen atoms in total. The molecular weight excluding hydrogens is 266 g/mol. The van der Waals surface area contributed by atoms with Crippen LogP contribution in [0.1, 0.15) is 27.0 Å². The lowest BCUT2D eigenvalue weighted by Crippen LogP contribution is -2.09. The molecule has 0 aliphatic carbocycles. The molecule has 0 saturated heterocycles. The lowest BCUT2D eigenvalue weighted by molar-refractivity contribution is 0.103. The van der Waals surface area contributed by atoms with Gasteiger partial charge in [0.25, 0.3) is 0 Å². The number of benzene rings is 2. The van der Waals surface area contributed by atoms with E-state index >= 15 is 0 Å². The number of carbonyl (C=O) groups is 1. The van der Waals surface area contributed by atoms with Crippen LogP contribution in [0.25, 0.3) is 0 Å². The summed E-state index contributed by atoms with van der Waals surface area (Å²) in [5.74, 6) is 1.00. The Morgan fingerprint density at radius 1 is 1.00 bits per heavy atom. The lowest BCUT2D eigenvalue weighted by atomic mass is 9.96. The molecule has 110 valence electrons. The molecule has 4 heteroatoms. The number of anilines is 1. The molecule has 0 atom stereocenters. The molecule has 0 aliphatic rings. The van der Waals surface area contributed by atoms with Gasteiger partial charge < -0.3 is 15.2 Å². The van der Waals surface area contributed by atoms with Gasteiger partial charge in [-0.15, -0.1) is 0 Å². The van der Waals surface area contributed by atoms with Crippen molar-refractivity contribution in [3.8, 4) is 11.5 Å². The molecular formula is C17H19NO3. The molecule has 0 spiro atoms. The van der Waals surface area contributed by atoms with E-state index in [0.29, 0.717) is 28.3 Å². The number of hydrogen-bond acceptors (Lipinski definition) is 4. The number of rotatable bonds is 4. The monoisotopic (exact) mass is 285 g/mol. The quantitative estimate of drug-likeness (QED) is 0.692. The van der Waals surface area contributed by atoms with Crippen LogP contribution in [0.2, 0.25) is 0 Å². The number of nitrogen functional groups attached to an aromatic ring is 1. The number of methoxy groups -OCH3 is 2. The smallest absolute Gasteiger partial charge is 0.198 e. The average Bonchev–Trinajstić information content (AvgIpc) is 2.49. The van der Waals surface area contributed by atoms with E-state index in [0.717, 1.165) is 11.1 Å². The Labute approximate surface area is 124 Å². The molecule has 0 heterocycles. The van der Waals surface area contributed by atoms with Crippen LogP contribution < -0.4 is 15.2 Å². The maximum absolute atomic E-state index is 12.8. The summed E-state index contributed by atoms with van der Waals surface area (Å²) >= 11 is 0. The Morgan fingerprint density at radius 2 is 1.71 bits per heavy atom. The highest BCUT2D eigenvalue weighted by Crippen LogP contribution is 2.30. The molecule has 0 aromatic heterocycles. The van der Waals surface area contributed by atoms with Gasteiger partial charge >= 0.3 is 0 Å². The highest BCUT2D eigenvalue weighted by molar-refractivity contribution is 6.14. The summed E-state index contributed by atoms with van der Waals surface area (Å²) in [6.45, 7) is 3.91. The number of nitrogens with two attached hydrogens (primary N) is 1. The minimum Gasteiger partial charge on any atom is -0.497 e. The summed E-state index contributed by atoms with van der Waals surface area (Å²) in [4.78, 5) is 12.8. The van der Waals surface area contributed by atoms with Crippen LogP contribution >= 0.6 is 0 Å². The predicted octanol–water partition coefficient (Wildman–Crippen LogP) is 3.13. The van der Waals surface area contributed by atoms with Gasteiger partial charge in [0.1, 0.15) is 11.5 Å². The summed E-state index contributed by atoms with van der Waals surface area (Å²) in [5.41, 5.74) is 9.28. The van der Waals surface area contributed by atoms with E-state index in [1.54, 1.807) is 38.5 Å². The minimum atomic E-state index is -0.175. The Hall–Kier alpha value is -2.49. The molecule has 0 fully saturated rings. The van der Waals surface area contributed by atoms with Gasteiger partial charge in [-0.2, -0.15) is 0 Å². The van der Waals surface area contributed by atoms with E-state index in [4.69, 9.17) is 15.2 Å². The first-order valence-corrected chi connectivity index (χ1v) is 6.62. The first kappa shape index (κ1) is 14.9. The zero-order valence-corrected chi connectivity index (χ0v) is 12.7.